The van der Waals surface area contributed by atoms with Crippen molar-refractivity contribution < 1.29 is 9.53 Å². The van der Waals surface area contributed by atoms with Crippen LogP contribution in [0.3, 0.4) is 0 Å². The fourth-order valence-corrected chi connectivity index (χ4v) is 6.47. The maximum atomic E-state index is 12.0. The van der Waals surface area contributed by atoms with E-state index in [-0.39, 0.29) is 12.1 Å². The van der Waals surface area contributed by atoms with E-state index in [1.165, 1.54) is 44.9 Å². The average Bonchev–Trinajstić information content (AvgIpc) is 3.04. The molecule has 0 N–H and O–H groups in total. The molecule has 21 heavy (non-hydrogen) atoms. The van der Waals surface area contributed by atoms with Crippen LogP contribution in [0.4, 0.5) is 0 Å². The van der Waals surface area contributed by atoms with Crippen LogP contribution in [-0.4, -0.2) is 12.1 Å². The summed E-state index contributed by atoms with van der Waals surface area (Å²) in [5, 5.41) is 0. The largest absolute Gasteiger partial charge is 0.459 e. The van der Waals surface area contributed by atoms with Crippen molar-refractivity contribution in [1.29, 1.82) is 0 Å². The Bertz CT molecular complexity index is 454. The van der Waals surface area contributed by atoms with Gasteiger partial charge in [0.25, 0.3) is 0 Å². The summed E-state index contributed by atoms with van der Waals surface area (Å²) in [4.78, 5) is 12.0. The molecule has 7 unspecified atom stereocenters. The SMILES string of the molecule is C=C(C)C(=O)OC1CC2CCCC3CC4CCCC4C1C32. The van der Waals surface area contributed by atoms with Gasteiger partial charge in [-0.05, 0) is 55.8 Å². The predicted molar refractivity (Wildman–Crippen MR) is 82.6 cm³/mol. The van der Waals surface area contributed by atoms with Crippen molar-refractivity contribution in [1.82, 2.24) is 0 Å². The van der Waals surface area contributed by atoms with Gasteiger partial charge in [0.15, 0.2) is 0 Å². The molecule has 0 aromatic carbocycles. The first-order chi connectivity index (χ1) is 10.1. The molecular formula is C19H28O2. The summed E-state index contributed by atoms with van der Waals surface area (Å²) in [6, 6.07) is 0. The standard InChI is InChI=1S/C19H28O2/c1-11(2)19(20)21-16-10-14-7-3-6-13-9-12-5-4-8-15(12)18(16)17(13)14/h12-18H,1,3-10H2,2H3. The highest BCUT2D eigenvalue weighted by molar-refractivity contribution is 5.87. The Balaban J connectivity index is 1.61. The molecule has 0 bridgehead atoms. The second kappa shape index (κ2) is 5.14. The van der Waals surface area contributed by atoms with Gasteiger partial charge >= 0.3 is 5.97 Å². The number of hydrogen-bond acceptors (Lipinski definition) is 2. The maximum absolute atomic E-state index is 12.0. The Hall–Kier alpha value is -0.790. The highest BCUT2D eigenvalue weighted by Gasteiger charge is 2.57. The maximum Gasteiger partial charge on any atom is 0.333 e. The molecular weight excluding hydrogens is 260 g/mol. The lowest BCUT2D eigenvalue weighted by atomic mass is 9.58. The summed E-state index contributed by atoms with van der Waals surface area (Å²) in [7, 11) is 0. The fourth-order valence-electron chi connectivity index (χ4n) is 6.47. The summed E-state index contributed by atoms with van der Waals surface area (Å²) >= 11 is 0. The average molecular weight is 288 g/mol. The topological polar surface area (TPSA) is 26.3 Å². The molecule has 4 saturated carbocycles. The van der Waals surface area contributed by atoms with Crippen molar-refractivity contribution in [3.05, 3.63) is 12.2 Å². The van der Waals surface area contributed by atoms with Crippen LogP contribution in [0.25, 0.3) is 0 Å². The second-order valence-electron chi connectivity index (χ2n) is 8.16. The molecule has 4 aliphatic carbocycles. The lowest BCUT2D eigenvalue weighted by molar-refractivity contribution is -0.149. The molecule has 2 nitrogen and oxygen atoms in total. The van der Waals surface area contributed by atoms with Crippen molar-refractivity contribution in [2.24, 2.45) is 35.5 Å². The molecule has 0 aromatic heterocycles. The number of ether oxygens (including phenoxy) is 1. The first kappa shape index (κ1) is 13.8. The lowest BCUT2D eigenvalue weighted by Gasteiger charge is -2.47. The summed E-state index contributed by atoms with van der Waals surface area (Å²) in [5.41, 5.74) is 0.556. The minimum atomic E-state index is -0.157. The van der Waals surface area contributed by atoms with Crippen LogP contribution in [0.1, 0.15) is 58.3 Å². The molecule has 116 valence electrons. The molecule has 2 heteroatoms. The van der Waals surface area contributed by atoms with E-state index in [0.29, 0.717) is 11.5 Å². The van der Waals surface area contributed by atoms with E-state index in [1.807, 2.05) is 0 Å². The number of rotatable bonds is 2. The fraction of sp³-hybridized carbons (Fsp3) is 0.842. The first-order valence-electron chi connectivity index (χ1n) is 9.01. The van der Waals surface area contributed by atoms with E-state index in [4.69, 9.17) is 4.74 Å². The third-order valence-electron chi connectivity index (χ3n) is 7.07. The van der Waals surface area contributed by atoms with Crippen molar-refractivity contribution in [3.63, 3.8) is 0 Å². The van der Waals surface area contributed by atoms with Crippen LogP contribution in [0.2, 0.25) is 0 Å². The Kier molecular flexibility index (Phi) is 3.39. The van der Waals surface area contributed by atoms with Crippen LogP contribution < -0.4 is 0 Å². The zero-order valence-corrected chi connectivity index (χ0v) is 13.2. The van der Waals surface area contributed by atoms with Crippen LogP contribution in [0.15, 0.2) is 12.2 Å². The van der Waals surface area contributed by atoms with Gasteiger partial charge in [0, 0.05) is 11.5 Å². The monoisotopic (exact) mass is 288 g/mol. The molecule has 4 rings (SSSR count). The Labute approximate surface area is 128 Å². The van der Waals surface area contributed by atoms with Crippen molar-refractivity contribution >= 4 is 5.97 Å². The summed E-state index contributed by atoms with van der Waals surface area (Å²) in [5.74, 6) is 4.91. The molecule has 0 amide bonds. The molecule has 0 spiro atoms. The molecule has 0 aliphatic heterocycles. The number of carbonyl (C=O) groups excluding carboxylic acids is 1. The summed E-state index contributed by atoms with van der Waals surface area (Å²) in [6.07, 6.45) is 11.2. The van der Waals surface area contributed by atoms with Crippen molar-refractivity contribution in [3.8, 4) is 0 Å². The second-order valence-corrected chi connectivity index (χ2v) is 8.16. The Morgan fingerprint density at radius 3 is 2.38 bits per heavy atom. The van der Waals surface area contributed by atoms with E-state index in [2.05, 4.69) is 6.58 Å². The van der Waals surface area contributed by atoms with Gasteiger partial charge in [-0.25, -0.2) is 4.79 Å². The zero-order valence-electron chi connectivity index (χ0n) is 13.2. The minimum Gasteiger partial charge on any atom is -0.459 e. The van der Waals surface area contributed by atoms with Gasteiger partial charge in [0.2, 0.25) is 0 Å². The van der Waals surface area contributed by atoms with Crippen molar-refractivity contribution in [2.75, 3.05) is 0 Å². The van der Waals surface area contributed by atoms with Gasteiger partial charge in [-0.3, -0.25) is 0 Å². The minimum absolute atomic E-state index is 0.157. The number of esters is 1. The highest BCUT2D eigenvalue weighted by Crippen LogP contribution is 2.61. The quantitative estimate of drug-likeness (QED) is 0.558. The summed E-state index contributed by atoms with van der Waals surface area (Å²) < 4.78 is 5.92. The predicted octanol–water partition coefficient (Wildman–Crippen LogP) is 4.35. The van der Waals surface area contributed by atoms with Crippen LogP contribution >= 0.6 is 0 Å². The van der Waals surface area contributed by atoms with Crippen LogP contribution in [0, 0.1) is 35.5 Å². The van der Waals surface area contributed by atoms with Gasteiger partial charge in [-0.2, -0.15) is 0 Å². The van der Waals surface area contributed by atoms with Crippen LogP contribution in [0.5, 0.6) is 0 Å². The lowest BCUT2D eigenvalue weighted by Crippen LogP contribution is -2.43. The highest BCUT2D eigenvalue weighted by atomic mass is 16.5. The van der Waals surface area contributed by atoms with Gasteiger partial charge in [0.1, 0.15) is 6.10 Å². The molecule has 0 radical (unpaired) electrons. The van der Waals surface area contributed by atoms with E-state index in [0.717, 1.165) is 36.0 Å². The zero-order chi connectivity index (χ0) is 14.6. The van der Waals surface area contributed by atoms with Gasteiger partial charge < -0.3 is 4.74 Å². The van der Waals surface area contributed by atoms with E-state index in [9.17, 15) is 4.79 Å². The van der Waals surface area contributed by atoms with E-state index < -0.39 is 0 Å². The molecule has 4 aliphatic rings. The third-order valence-corrected chi connectivity index (χ3v) is 7.07. The Morgan fingerprint density at radius 2 is 1.62 bits per heavy atom. The number of hydrogen-bond donors (Lipinski definition) is 0. The molecule has 0 saturated heterocycles. The first-order valence-corrected chi connectivity index (χ1v) is 9.01. The normalized spacial score (nSPS) is 47.6. The van der Waals surface area contributed by atoms with E-state index in [1.54, 1.807) is 6.92 Å². The molecule has 0 aromatic rings. The smallest absolute Gasteiger partial charge is 0.333 e. The number of carbonyl (C=O) groups is 1. The third kappa shape index (κ3) is 2.17. The van der Waals surface area contributed by atoms with Crippen molar-refractivity contribution in [2.45, 2.75) is 64.4 Å². The molecule has 4 fully saturated rings. The van der Waals surface area contributed by atoms with Gasteiger partial charge in [-0.1, -0.05) is 38.7 Å². The Morgan fingerprint density at radius 1 is 0.952 bits per heavy atom. The molecule has 7 atom stereocenters. The van der Waals surface area contributed by atoms with E-state index >= 15 is 0 Å². The van der Waals surface area contributed by atoms with Gasteiger partial charge in [-0.15, -0.1) is 0 Å². The number of fused-ring (bicyclic) bond motifs is 2. The van der Waals surface area contributed by atoms with Crippen LogP contribution in [-0.2, 0) is 9.53 Å². The molecule has 0 heterocycles. The van der Waals surface area contributed by atoms with Gasteiger partial charge in [0.05, 0.1) is 0 Å². The summed E-state index contributed by atoms with van der Waals surface area (Å²) in [6.45, 7) is 5.53.